The van der Waals surface area contributed by atoms with Gasteiger partial charge in [0.05, 0.1) is 11.0 Å². The van der Waals surface area contributed by atoms with E-state index in [-0.39, 0.29) is 17.7 Å². The maximum absolute atomic E-state index is 11.1. The van der Waals surface area contributed by atoms with E-state index in [0.717, 1.165) is 0 Å². The highest BCUT2D eigenvalue weighted by molar-refractivity contribution is 7.84. The maximum Gasteiger partial charge on any atom is 0.295 e. The fourth-order valence-electron chi connectivity index (χ4n) is 1.69. The molecule has 0 amide bonds. The number of rotatable bonds is 5. The predicted octanol–water partition coefficient (Wildman–Crippen LogP) is 1.91. The summed E-state index contributed by atoms with van der Waals surface area (Å²) < 4.78 is 16.5. The summed E-state index contributed by atoms with van der Waals surface area (Å²) in [5.41, 5.74) is 0.845. The standard InChI is InChI=1S/C11H13N3O4S/c1-7(6-19(2)17)12-11-13-9-4-3-8(14(15)16)5-10(9)18-11/h3-5,7H,6H2,1-2H3,(H,12,13). The first-order chi connectivity index (χ1) is 8.95. The van der Waals surface area contributed by atoms with Crippen LogP contribution in [0, 0.1) is 10.1 Å². The van der Waals surface area contributed by atoms with Crippen LogP contribution in [0.1, 0.15) is 6.92 Å². The molecule has 0 saturated heterocycles. The summed E-state index contributed by atoms with van der Waals surface area (Å²) in [7, 11) is -0.918. The van der Waals surface area contributed by atoms with Crippen molar-refractivity contribution in [1.82, 2.24) is 4.98 Å². The van der Waals surface area contributed by atoms with E-state index in [9.17, 15) is 14.3 Å². The third-order valence-corrected chi connectivity index (χ3v) is 3.41. The molecule has 7 nitrogen and oxygen atoms in total. The summed E-state index contributed by atoms with van der Waals surface area (Å²) in [6.07, 6.45) is 1.62. The first kappa shape index (κ1) is 13.5. The summed E-state index contributed by atoms with van der Waals surface area (Å²) in [5.74, 6) is 0.471. The van der Waals surface area contributed by atoms with Crippen molar-refractivity contribution in [2.24, 2.45) is 0 Å². The molecule has 2 unspecified atom stereocenters. The second-order valence-corrected chi connectivity index (χ2v) is 5.69. The lowest BCUT2D eigenvalue weighted by atomic mass is 10.3. The molecule has 0 aliphatic heterocycles. The summed E-state index contributed by atoms with van der Waals surface area (Å²) in [5, 5.41) is 13.6. The van der Waals surface area contributed by atoms with Crippen LogP contribution in [-0.4, -0.2) is 32.2 Å². The van der Waals surface area contributed by atoms with Crippen molar-refractivity contribution in [2.75, 3.05) is 17.3 Å². The molecule has 1 aromatic carbocycles. The predicted molar refractivity (Wildman–Crippen MR) is 72.7 cm³/mol. The van der Waals surface area contributed by atoms with Crippen molar-refractivity contribution in [3.05, 3.63) is 28.3 Å². The minimum atomic E-state index is -0.918. The minimum absolute atomic E-state index is 0.0436. The molecule has 2 atom stereocenters. The number of non-ortho nitro benzene ring substituents is 1. The molecule has 0 radical (unpaired) electrons. The molecule has 0 bridgehead atoms. The van der Waals surface area contributed by atoms with Gasteiger partial charge < -0.3 is 9.73 Å². The molecule has 0 aliphatic carbocycles. The monoisotopic (exact) mass is 283 g/mol. The zero-order valence-electron chi connectivity index (χ0n) is 10.5. The van der Waals surface area contributed by atoms with E-state index in [2.05, 4.69) is 10.3 Å². The molecular formula is C11H13N3O4S. The van der Waals surface area contributed by atoms with E-state index in [1.165, 1.54) is 18.2 Å². The van der Waals surface area contributed by atoms with Crippen molar-refractivity contribution in [3.63, 3.8) is 0 Å². The number of nitro groups is 1. The molecule has 2 rings (SSSR count). The first-order valence-corrected chi connectivity index (χ1v) is 7.30. The van der Waals surface area contributed by atoms with E-state index in [1.54, 1.807) is 6.26 Å². The van der Waals surface area contributed by atoms with Crippen LogP contribution >= 0.6 is 0 Å². The fourth-order valence-corrected chi connectivity index (χ4v) is 2.48. The first-order valence-electron chi connectivity index (χ1n) is 5.57. The molecule has 0 fully saturated rings. The van der Waals surface area contributed by atoms with Gasteiger partial charge in [0, 0.05) is 34.9 Å². The van der Waals surface area contributed by atoms with Gasteiger partial charge in [-0.25, -0.2) is 0 Å². The van der Waals surface area contributed by atoms with Crippen LogP contribution in [-0.2, 0) is 10.8 Å². The summed E-state index contributed by atoms with van der Waals surface area (Å²) in [4.78, 5) is 14.3. The number of fused-ring (bicyclic) bond motifs is 1. The number of hydrogen-bond donors (Lipinski definition) is 1. The third kappa shape index (κ3) is 3.28. The highest BCUT2D eigenvalue weighted by Crippen LogP contribution is 2.23. The van der Waals surface area contributed by atoms with E-state index >= 15 is 0 Å². The van der Waals surface area contributed by atoms with Gasteiger partial charge >= 0.3 is 0 Å². The SMILES string of the molecule is CC(CS(C)=O)Nc1nc2ccc([N+](=O)[O-])cc2o1. The number of nitrogens with one attached hydrogen (secondary N) is 1. The molecule has 8 heteroatoms. The van der Waals surface area contributed by atoms with Crippen molar-refractivity contribution in [2.45, 2.75) is 13.0 Å². The van der Waals surface area contributed by atoms with Crippen LogP contribution in [0.2, 0.25) is 0 Å². The summed E-state index contributed by atoms with van der Waals surface area (Å²) in [6.45, 7) is 1.86. The highest BCUT2D eigenvalue weighted by Gasteiger charge is 2.13. The number of nitrogens with zero attached hydrogens (tertiary/aromatic N) is 2. The molecule has 1 aromatic heterocycles. The summed E-state index contributed by atoms with van der Waals surface area (Å²) >= 11 is 0. The lowest BCUT2D eigenvalue weighted by molar-refractivity contribution is -0.384. The Hall–Kier alpha value is -1.96. The highest BCUT2D eigenvalue weighted by atomic mass is 32.2. The molecule has 0 saturated carbocycles. The Morgan fingerprint density at radius 2 is 2.32 bits per heavy atom. The normalized spacial score (nSPS) is 14.2. The number of nitro benzene ring substituents is 1. The van der Waals surface area contributed by atoms with Crippen molar-refractivity contribution < 1.29 is 13.5 Å². The van der Waals surface area contributed by atoms with Gasteiger partial charge in [-0.05, 0) is 13.0 Å². The summed E-state index contributed by atoms with van der Waals surface area (Å²) in [6, 6.07) is 4.45. The Bertz CT molecular complexity index is 640. The molecule has 19 heavy (non-hydrogen) atoms. The van der Waals surface area contributed by atoms with Crippen LogP contribution in [0.4, 0.5) is 11.7 Å². The average Bonchev–Trinajstić information content (AvgIpc) is 2.68. The van der Waals surface area contributed by atoms with E-state index in [4.69, 9.17) is 4.42 Å². The Labute approximate surface area is 111 Å². The van der Waals surface area contributed by atoms with E-state index in [1.807, 2.05) is 6.92 Å². The van der Waals surface area contributed by atoms with Crippen LogP contribution < -0.4 is 5.32 Å². The van der Waals surface area contributed by atoms with E-state index < -0.39 is 15.7 Å². The largest absolute Gasteiger partial charge is 0.423 e. The van der Waals surface area contributed by atoms with Crippen LogP contribution in [0.25, 0.3) is 11.1 Å². The molecule has 1 heterocycles. The smallest absolute Gasteiger partial charge is 0.295 e. The Morgan fingerprint density at radius 3 is 2.95 bits per heavy atom. The minimum Gasteiger partial charge on any atom is -0.423 e. The number of benzene rings is 1. The van der Waals surface area contributed by atoms with Gasteiger partial charge in [0.1, 0.15) is 5.52 Å². The van der Waals surface area contributed by atoms with Gasteiger partial charge in [-0.15, -0.1) is 0 Å². The number of oxazole rings is 1. The fraction of sp³-hybridized carbons (Fsp3) is 0.364. The molecular weight excluding hydrogens is 270 g/mol. The Balaban J connectivity index is 2.21. The second kappa shape index (κ2) is 5.35. The topological polar surface area (TPSA) is 98.3 Å². The zero-order chi connectivity index (χ0) is 14.0. The third-order valence-electron chi connectivity index (χ3n) is 2.44. The lowest BCUT2D eigenvalue weighted by Gasteiger charge is -2.09. The van der Waals surface area contributed by atoms with Gasteiger partial charge in [-0.3, -0.25) is 14.3 Å². The Morgan fingerprint density at radius 1 is 1.58 bits per heavy atom. The molecule has 102 valence electrons. The van der Waals surface area contributed by atoms with Gasteiger partial charge in [-0.1, -0.05) is 0 Å². The number of aromatic nitrogens is 1. The number of anilines is 1. The van der Waals surface area contributed by atoms with Gasteiger partial charge in [0.25, 0.3) is 11.7 Å². The molecule has 0 spiro atoms. The van der Waals surface area contributed by atoms with Gasteiger partial charge in [-0.2, -0.15) is 4.98 Å². The van der Waals surface area contributed by atoms with E-state index in [0.29, 0.717) is 16.9 Å². The van der Waals surface area contributed by atoms with Gasteiger partial charge in [0.15, 0.2) is 5.58 Å². The van der Waals surface area contributed by atoms with Crippen LogP contribution in [0.3, 0.4) is 0 Å². The van der Waals surface area contributed by atoms with Crippen LogP contribution in [0.15, 0.2) is 22.6 Å². The Kier molecular flexibility index (Phi) is 3.79. The quantitative estimate of drug-likeness (QED) is 0.665. The molecule has 0 aliphatic rings. The zero-order valence-corrected chi connectivity index (χ0v) is 11.3. The maximum atomic E-state index is 11.1. The van der Waals surface area contributed by atoms with Crippen LogP contribution in [0.5, 0.6) is 0 Å². The number of hydrogen-bond acceptors (Lipinski definition) is 6. The van der Waals surface area contributed by atoms with Gasteiger partial charge in [0.2, 0.25) is 0 Å². The average molecular weight is 283 g/mol. The lowest BCUT2D eigenvalue weighted by Crippen LogP contribution is -2.22. The van der Waals surface area contributed by atoms with Crippen molar-refractivity contribution >= 4 is 33.6 Å². The molecule has 2 aromatic rings. The molecule has 1 N–H and O–H groups in total. The van der Waals surface area contributed by atoms with Crippen molar-refractivity contribution in [3.8, 4) is 0 Å². The van der Waals surface area contributed by atoms with Crippen molar-refractivity contribution in [1.29, 1.82) is 0 Å². The second-order valence-electron chi connectivity index (χ2n) is 4.21.